The van der Waals surface area contributed by atoms with Crippen molar-refractivity contribution in [3.63, 3.8) is 0 Å². The Morgan fingerprint density at radius 2 is 1.60 bits per heavy atom. The van der Waals surface area contributed by atoms with Crippen molar-refractivity contribution in [2.45, 2.75) is 19.3 Å². The van der Waals surface area contributed by atoms with Gasteiger partial charge in [0.15, 0.2) is 0 Å². The molecule has 1 N–H and O–H groups in total. The summed E-state index contributed by atoms with van der Waals surface area (Å²) in [5.74, 6) is 0.613. The lowest BCUT2D eigenvalue weighted by Crippen LogP contribution is -2.16. The predicted molar refractivity (Wildman–Crippen MR) is 87.8 cm³/mol. The van der Waals surface area contributed by atoms with Gasteiger partial charge in [0.25, 0.3) is 0 Å². The fraction of sp³-hybridized carbons (Fsp3) is 0.263. The minimum absolute atomic E-state index is 0.613. The Labute approximate surface area is 122 Å². The van der Waals surface area contributed by atoms with Gasteiger partial charge >= 0.3 is 0 Å². The zero-order chi connectivity index (χ0) is 14.0. The smallest absolute Gasteiger partial charge is 0.0138 e. The molecule has 0 saturated heterocycles. The summed E-state index contributed by atoms with van der Waals surface area (Å²) in [6.45, 7) is 4.27. The SMILES string of the molecule is CC(CCNCC=Cc1ccccc1)c1ccccc1. The molecule has 1 atom stereocenters. The molecule has 0 saturated carbocycles. The number of hydrogen-bond acceptors (Lipinski definition) is 1. The van der Waals surface area contributed by atoms with Crippen molar-refractivity contribution in [2.24, 2.45) is 0 Å². The van der Waals surface area contributed by atoms with Crippen LogP contribution in [0.2, 0.25) is 0 Å². The van der Waals surface area contributed by atoms with E-state index in [0.717, 1.165) is 13.1 Å². The van der Waals surface area contributed by atoms with Crippen molar-refractivity contribution in [3.05, 3.63) is 77.9 Å². The zero-order valence-electron chi connectivity index (χ0n) is 12.1. The third-order valence-corrected chi connectivity index (χ3v) is 3.49. The zero-order valence-corrected chi connectivity index (χ0v) is 12.1. The molecule has 0 heterocycles. The highest BCUT2D eigenvalue weighted by Gasteiger charge is 2.03. The molecule has 0 aliphatic rings. The number of rotatable bonds is 7. The first-order valence-electron chi connectivity index (χ1n) is 7.33. The maximum absolute atomic E-state index is 3.47. The van der Waals surface area contributed by atoms with E-state index in [9.17, 15) is 0 Å². The third-order valence-electron chi connectivity index (χ3n) is 3.49. The summed E-state index contributed by atoms with van der Waals surface area (Å²) in [6, 6.07) is 21.1. The van der Waals surface area contributed by atoms with Crippen molar-refractivity contribution in [2.75, 3.05) is 13.1 Å². The first-order chi connectivity index (χ1) is 9.86. The summed E-state index contributed by atoms with van der Waals surface area (Å²) in [7, 11) is 0. The highest BCUT2D eigenvalue weighted by molar-refractivity contribution is 5.48. The molecule has 0 amide bonds. The van der Waals surface area contributed by atoms with Crippen LogP contribution in [0, 0.1) is 0 Å². The van der Waals surface area contributed by atoms with Gasteiger partial charge in [-0.05, 0) is 30.0 Å². The fourth-order valence-corrected chi connectivity index (χ4v) is 2.21. The second-order valence-electron chi connectivity index (χ2n) is 5.12. The lowest BCUT2D eigenvalue weighted by atomic mass is 9.98. The molecule has 0 spiro atoms. The molecule has 1 heteroatoms. The second-order valence-corrected chi connectivity index (χ2v) is 5.12. The van der Waals surface area contributed by atoms with Crippen LogP contribution in [0.5, 0.6) is 0 Å². The van der Waals surface area contributed by atoms with Crippen LogP contribution in [0.3, 0.4) is 0 Å². The van der Waals surface area contributed by atoms with Crippen molar-refractivity contribution in [1.29, 1.82) is 0 Å². The van der Waals surface area contributed by atoms with E-state index < -0.39 is 0 Å². The van der Waals surface area contributed by atoms with E-state index in [4.69, 9.17) is 0 Å². The molecule has 20 heavy (non-hydrogen) atoms. The largest absolute Gasteiger partial charge is 0.313 e. The molecule has 0 bridgehead atoms. The third kappa shape index (κ3) is 5.02. The molecule has 0 aliphatic carbocycles. The average molecular weight is 265 g/mol. The predicted octanol–water partition coefficient (Wildman–Crippen LogP) is 4.48. The summed E-state index contributed by atoms with van der Waals surface area (Å²) < 4.78 is 0. The molecule has 104 valence electrons. The molecule has 0 aliphatic heterocycles. The second kappa shape index (κ2) is 8.34. The van der Waals surface area contributed by atoms with Crippen molar-refractivity contribution in [3.8, 4) is 0 Å². The van der Waals surface area contributed by atoms with Gasteiger partial charge in [0.1, 0.15) is 0 Å². The quantitative estimate of drug-likeness (QED) is 0.728. The van der Waals surface area contributed by atoms with Crippen molar-refractivity contribution in [1.82, 2.24) is 5.32 Å². The van der Waals surface area contributed by atoms with E-state index in [1.807, 2.05) is 6.07 Å². The molecule has 2 rings (SSSR count). The molecule has 2 aromatic carbocycles. The lowest BCUT2D eigenvalue weighted by molar-refractivity contribution is 0.620. The minimum Gasteiger partial charge on any atom is -0.313 e. The van der Waals surface area contributed by atoms with Gasteiger partial charge in [-0.2, -0.15) is 0 Å². The average Bonchev–Trinajstić information content (AvgIpc) is 2.52. The van der Waals surface area contributed by atoms with Gasteiger partial charge in [-0.1, -0.05) is 79.7 Å². The van der Waals surface area contributed by atoms with Crippen LogP contribution in [0.15, 0.2) is 66.7 Å². The Hall–Kier alpha value is -1.86. The van der Waals surface area contributed by atoms with Crippen LogP contribution in [0.1, 0.15) is 30.4 Å². The van der Waals surface area contributed by atoms with Gasteiger partial charge in [0.05, 0.1) is 0 Å². The van der Waals surface area contributed by atoms with E-state index in [2.05, 4.69) is 79.0 Å². The van der Waals surface area contributed by atoms with Gasteiger partial charge in [0.2, 0.25) is 0 Å². The molecule has 0 aromatic heterocycles. The maximum atomic E-state index is 3.47. The van der Waals surface area contributed by atoms with Gasteiger partial charge in [-0.15, -0.1) is 0 Å². The topological polar surface area (TPSA) is 12.0 Å². The summed E-state index contributed by atoms with van der Waals surface area (Å²) in [4.78, 5) is 0. The van der Waals surface area contributed by atoms with E-state index >= 15 is 0 Å². The van der Waals surface area contributed by atoms with Crippen LogP contribution in [0.4, 0.5) is 0 Å². The van der Waals surface area contributed by atoms with Gasteiger partial charge in [-0.3, -0.25) is 0 Å². The first-order valence-corrected chi connectivity index (χ1v) is 7.33. The highest BCUT2D eigenvalue weighted by atomic mass is 14.8. The summed E-state index contributed by atoms with van der Waals surface area (Å²) in [5.41, 5.74) is 2.68. The minimum atomic E-state index is 0.613. The van der Waals surface area contributed by atoms with Gasteiger partial charge in [-0.25, -0.2) is 0 Å². The Morgan fingerprint density at radius 3 is 2.30 bits per heavy atom. The summed E-state index contributed by atoms with van der Waals surface area (Å²) >= 11 is 0. The number of hydrogen-bond donors (Lipinski definition) is 1. The molecule has 1 unspecified atom stereocenters. The fourth-order valence-electron chi connectivity index (χ4n) is 2.21. The van der Waals surface area contributed by atoms with Crippen LogP contribution < -0.4 is 5.32 Å². The van der Waals surface area contributed by atoms with Crippen molar-refractivity contribution < 1.29 is 0 Å². The molecular weight excluding hydrogens is 242 g/mol. The molecular formula is C19H23N. The van der Waals surface area contributed by atoms with Crippen LogP contribution >= 0.6 is 0 Å². The molecule has 0 radical (unpaired) electrons. The molecule has 0 fully saturated rings. The number of nitrogens with one attached hydrogen (secondary N) is 1. The van der Waals surface area contributed by atoms with Crippen molar-refractivity contribution >= 4 is 6.08 Å². The Kier molecular flexibility index (Phi) is 6.07. The van der Waals surface area contributed by atoms with Gasteiger partial charge < -0.3 is 5.32 Å². The monoisotopic (exact) mass is 265 g/mol. The van der Waals surface area contributed by atoms with Crippen LogP contribution in [-0.2, 0) is 0 Å². The van der Waals surface area contributed by atoms with Crippen LogP contribution in [0.25, 0.3) is 6.08 Å². The Bertz CT molecular complexity index is 502. The summed E-state index contributed by atoms with van der Waals surface area (Å²) in [6.07, 6.45) is 5.51. The number of benzene rings is 2. The first kappa shape index (κ1) is 14.5. The van der Waals surface area contributed by atoms with E-state index in [1.54, 1.807) is 0 Å². The molecule has 1 nitrogen and oxygen atoms in total. The van der Waals surface area contributed by atoms with Crippen LogP contribution in [-0.4, -0.2) is 13.1 Å². The Morgan fingerprint density at radius 1 is 0.950 bits per heavy atom. The highest BCUT2D eigenvalue weighted by Crippen LogP contribution is 2.17. The standard InChI is InChI=1S/C19H23N/c1-17(19-12-6-3-7-13-19)14-16-20-15-8-11-18-9-4-2-5-10-18/h2-13,17,20H,14-16H2,1H3. The summed E-state index contributed by atoms with van der Waals surface area (Å²) in [5, 5.41) is 3.47. The normalized spacial score (nSPS) is 12.7. The van der Waals surface area contributed by atoms with E-state index in [1.165, 1.54) is 17.5 Å². The van der Waals surface area contributed by atoms with Gasteiger partial charge in [0, 0.05) is 6.54 Å². The van der Waals surface area contributed by atoms with E-state index in [0.29, 0.717) is 5.92 Å². The maximum Gasteiger partial charge on any atom is 0.0138 e. The lowest BCUT2D eigenvalue weighted by Gasteiger charge is -2.11. The Balaban J connectivity index is 1.63. The van der Waals surface area contributed by atoms with E-state index in [-0.39, 0.29) is 0 Å². The molecule has 2 aromatic rings.